The van der Waals surface area contributed by atoms with Gasteiger partial charge in [-0.3, -0.25) is 0 Å². The Morgan fingerprint density at radius 2 is 1.88 bits per heavy atom. The van der Waals surface area contributed by atoms with Crippen LogP contribution in [-0.2, 0) is 4.74 Å². The van der Waals surface area contributed by atoms with Gasteiger partial charge in [-0.15, -0.1) is 5.46 Å². The molecule has 0 atom stereocenters. The number of hydrogen-bond donors (Lipinski definition) is 0. The zero-order valence-corrected chi connectivity index (χ0v) is 12.0. The van der Waals surface area contributed by atoms with Crippen LogP contribution < -0.4 is 61.6 Å². The predicted octanol–water partition coefficient (Wildman–Crippen LogP) is -1.13. The minimum Gasteiger partial charge on any atom is -0.465 e. The first-order chi connectivity index (χ1) is 6.95. The van der Waals surface area contributed by atoms with E-state index >= 15 is 0 Å². The van der Waals surface area contributed by atoms with Gasteiger partial charge in [0, 0.05) is 7.11 Å². The maximum Gasteiger partial charge on any atom is 1.00 e. The van der Waals surface area contributed by atoms with Crippen molar-refractivity contribution in [2.45, 2.75) is 0 Å². The van der Waals surface area contributed by atoms with Crippen LogP contribution in [0.5, 0.6) is 5.75 Å². The maximum absolute atomic E-state index is 12.9. The number of ether oxygens (including phenoxy) is 2. The summed E-state index contributed by atoms with van der Waals surface area (Å²) in [6, 6.07) is 2.01. The summed E-state index contributed by atoms with van der Waals surface area (Å²) in [5.74, 6) is -1.32. The number of rotatable bonds is 4. The summed E-state index contributed by atoms with van der Waals surface area (Å²) >= 11 is 0. The molecule has 0 aliphatic heterocycles. The molecule has 0 saturated carbocycles. The largest absolute Gasteiger partial charge is 1.00 e. The summed E-state index contributed by atoms with van der Waals surface area (Å²) < 4.78 is 58.9. The summed E-state index contributed by atoms with van der Waals surface area (Å²) in [5, 5.41) is 0. The van der Waals surface area contributed by atoms with Gasteiger partial charge in [-0.2, -0.15) is 0 Å². The zero-order valence-electron chi connectivity index (χ0n) is 8.84. The van der Waals surface area contributed by atoms with Crippen molar-refractivity contribution >= 4 is 12.4 Å². The van der Waals surface area contributed by atoms with Gasteiger partial charge >= 0.3 is 58.4 Å². The van der Waals surface area contributed by atoms with Gasteiger partial charge < -0.3 is 22.4 Å². The van der Waals surface area contributed by atoms with Crippen molar-refractivity contribution in [1.82, 2.24) is 0 Å². The van der Waals surface area contributed by atoms with Crippen molar-refractivity contribution in [3.63, 3.8) is 0 Å². The van der Waals surface area contributed by atoms with E-state index in [0.29, 0.717) is 12.1 Å². The number of hydrogen-bond acceptors (Lipinski definition) is 2. The van der Waals surface area contributed by atoms with Crippen molar-refractivity contribution in [2.75, 3.05) is 13.9 Å². The van der Waals surface area contributed by atoms with E-state index in [-0.39, 0.29) is 58.2 Å². The minimum absolute atomic E-state index is 0. The molecule has 0 amide bonds. The first-order valence-corrected chi connectivity index (χ1v) is 4.06. The molecule has 84 valence electrons. The van der Waals surface area contributed by atoms with E-state index in [1.165, 1.54) is 7.11 Å². The molecule has 0 fully saturated rings. The summed E-state index contributed by atoms with van der Waals surface area (Å²) in [4.78, 5) is 0. The van der Waals surface area contributed by atoms with Gasteiger partial charge in [-0.1, -0.05) is 6.07 Å². The molecule has 0 spiro atoms. The van der Waals surface area contributed by atoms with Crippen molar-refractivity contribution in [1.29, 1.82) is 0 Å². The van der Waals surface area contributed by atoms with E-state index in [9.17, 15) is 17.3 Å². The van der Waals surface area contributed by atoms with Crippen LogP contribution in [0.15, 0.2) is 18.2 Å². The predicted molar refractivity (Wildman–Crippen MR) is 47.6 cm³/mol. The Bertz CT molecular complexity index is 345. The molecule has 2 nitrogen and oxygen atoms in total. The molecule has 0 heterocycles. The smallest absolute Gasteiger partial charge is 0.465 e. The van der Waals surface area contributed by atoms with Crippen LogP contribution >= 0.6 is 0 Å². The fourth-order valence-electron chi connectivity index (χ4n) is 0.957. The van der Waals surface area contributed by atoms with Crippen molar-refractivity contribution < 1.29 is 78.2 Å². The van der Waals surface area contributed by atoms with E-state index in [2.05, 4.69) is 9.47 Å². The fourth-order valence-corrected chi connectivity index (χ4v) is 0.957. The van der Waals surface area contributed by atoms with Gasteiger partial charge in [-0.05, 0) is 12.1 Å². The standard InChI is InChI=1S/C8H8BF4O2.K/c1-14-5-15-8-4-6(9(11,12)13)2-3-7(8)10;/h2-4H,5H2,1H3;/q-1;+1. The topological polar surface area (TPSA) is 18.5 Å². The third kappa shape index (κ3) is 4.72. The number of halogens is 4. The van der Waals surface area contributed by atoms with E-state index in [0.717, 1.165) is 6.07 Å². The van der Waals surface area contributed by atoms with Crippen LogP contribution in [0.4, 0.5) is 17.3 Å². The van der Waals surface area contributed by atoms with Crippen molar-refractivity contribution in [3.8, 4) is 5.75 Å². The molecule has 0 aromatic heterocycles. The van der Waals surface area contributed by atoms with Gasteiger partial charge in [-0.25, -0.2) is 4.39 Å². The average molecular weight is 262 g/mol. The molecule has 0 unspecified atom stereocenters. The Balaban J connectivity index is 0.00000225. The van der Waals surface area contributed by atoms with Crippen LogP contribution in [0.25, 0.3) is 0 Å². The Morgan fingerprint density at radius 3 is 2.38 bits per heavy atom. The molecule has 0 aliphatic rings. The van der Waals surface area contributed by atoms with Crippen LogP contribution in [0.2, 0.25) is 0 Å². The van der Waals surface area contributed by atoms with Crippen molar-refractivity contribution in [3.05, 3.63) is 24.0 Å². The zero-order chi connectivity index (χ0) is 11.5. The van der Waals surface area contributed by atoms with Gasteiger partial charge in [0.1, 0.15) is 0 Å². The van der Waals surface area contributed by atoms with Crippen molar-refractivity contribution in [2.24, 2.45) is 0 Å². The first kappa shape index (κ1) is 16.4. The Labute approximate surface area is 133 Å². The quantitative estimate of drug-likeness (QED) is 0.388. The van der Waals surface area contributed by atoms with E-state index in [1.54, 1.807) is 0 Å². The molecule has 8 heteroatoms. The summed E-state index contributed by atoms with van der Waals surface area (Å²) in [6.07, 6.45) is 0. The molecule has 1 aromatic rings. The average Bonchev–Trinajstić information content (AvgIpc) is 2.15. The second-order valence-corrected chi connectivity index (χ2v) is 2.82. The van der Waals surface area contributed by atoms with Gasteiger partial charge in [0.25, 0.3) is 0 Å². The monoisotopic (exact) mass is 262 g/mol. The second-order valence-electron chi connectivity index (χ2n) is 2.82. The number of methoxy groups -OCH3 is 1. The fraction of sp³-hybridized carbons (Fsp3) is 0.250. The molecule has 1 aromatic carbocycles. The molecule has 0 N–H and O–H groups in total. The van der Waals surface area contributed by atoms with Crippen LogP contribution in [-0.4, -0.2) is 20.9 Å². The third-order valence-corrected chi connectivity index (χ3v) is 1.67. The van der Waals surface area contributed by atoms with Gasteiger partial charge in [0.05, 0.1) is 0 Å². The molecule has 16 heavy (non-hydrogen) atoms. The molecular weight excluding hydrogens is 254 g/mol. The maximum atomic E-state index is 12.9. The Kier molecular flexibility index (Phi) is 7.15. The van der Waals surface area contributed by atoms with Crippen LogP contribution in [0.1, 0.15) is 0 Å². The minimum atomic E-state index is -5.14. The first-order valence-electron chi connectivity index (χ1n) is 4.06. The van der Waals surface area contributed by atoms with Gasteiger partial charge in [0.15, 0.2) is 18.4 Å². The van der Waals surface area contributed by atoms with E-state index in [1.807, 2.05) is 0 Å². The molecule has 0 aliphatic carbocycles. The molecule has 0 bridgehead atoms. The Morgan fingerprint density at radius 1 is 1.25 bits per heavy atom. The Hall–Kier alpha value is 0.401. The third-order valence-electron chi connectivity index (χ3n) is 1.67. The molecule has 0 radical (unpaired) electrons. The molecule has 0 saturated heterocycles. The molecular formula is C8H8BF4KO2. The summed E-state index contributed by atoms with van der Waals surface area (Å²) in [7, 11) is 1.29. The SMILES string of the molecule is COCOc1cc([B-](F)(F)F)ccc1F.[K+]. The van der Waals surface area contributed by atoms with Gasteiger partial charge in [0.2, 0.25) is 0 Å². The molecule has 1 rings (SSSR count). The summed E-state index contributed by atoms with van der Waals surface area (Å²) in [5.41, 5.74) is -0.900. The number of benzene rings is 1. The van der Waals surface area contributed by atoms with E-state index in [4.69, 9.17) is 0 Å². The normalized spacial score (nSPS) is 10.8. The summed E-state index contributed by atoms with van der Waals surface area (Å²) in [6.45, 7) is -5.45. The second kappa shape index (κ2) is 6.97. The van der Waals surface area contributed by atoms with E-state index < -0.39 is 24.0 Å². The van der Waals surface area contributed by atoms with Crippen LogP contribution in [0.3, 0.4) is 0 Å². The van der Waals surface area contributed by atoms with Crippen LogP contribution in [0, 0.1) is 5.82 Å².